The van der Waals surface area contributed by atoms with Gasteiger partial charge < -0.3 is 9.64 Å². The number of nitrogens with zero attached hydrogens (tertiary/aromatic N) is 1. The smallest absolute Gasteiger partial charge is 0.244 e. The molecule has 2 heterocycles. The van der Waals surface area contributed by atoms with Crippen LogP contribution in [0.2, 0.25) is 0 Å². The molecule has 1 saturated carbocycles. The highest BCUT2D eigenvalue weighted by Gasteiger charge is 2.51. The highest BCUT2D eigenvalue weighted by atomic mass is 16.5. The van der Waals surface area contributed by atoms with E-state index in [4.69, 9.17) is 4.74 Å². The normalized spacial score (nSPS) is 26.0. The van der Waals surface area contributed by atoms with E-state index in [9.17, 15) is 4.79 Å². The summed E-state index contributed by atoms with van der Waals surface area (Å²) >= 11 is 0. The van der Waals surface area contributed by atoms with Gasteiger partial charge in [-0.15, -0.1) is 0 Å². The molecule has 122 valence electrons. The summed E-state index contributed by atoms with van der Waals surface area (Å²) in [6.45, 7) is 3.35. The minimum Gasteiger partial charge on any atom is -0.488 e. The van der Waals surface area contributed by atoms with Gasteiger partial charge in [0.1, 0.15) is 18.5 Å². The molecule has 1 amide bonds. The van der Waals surface area contributed by atoms with Crippen LogP contribution in [0.4, 0.5) is 0 Å². The monoisotopic (exact) mass is 312 g/mol. The molecule has 1 aliphatic carbocycles. The molecule has 3 aliphatic rings. The van der Waals surface area contributed by atoms with E-state index in [0.717, 1.165) is 49.1 Å². The van der Waals surface area contributed by atoms with Gasteiger partial charge in [-0.05, 0) is 31.9 Å². The van der Waals surface area contributed by atoms with Crippen molar-refractivity contribution in [3.05, 3.63) is 35.4 Å². The Morgan fingerprint density at radius 1 is 1.26 bits per heavy atom. The van der Waals surface area contributed by atoms with E-state index in [0.29, 0.717) is 6.61 Å². The van der Waals surface area contributed by atoms with Gasteiger partial charge in [-0.2, -0.15) is 0 Å². The Bertz CT molecular complexity index is 647. The van der Waals surface area contributed by atoms with Crippen LogP contribution in [0.25, 0.3) is 6.08 Å². The molecule has 1 spiro atoms. The van der Waals surface area contributed by atoms with E-state index in [1.165, 1.54) is 6.42 Å². The summed E-state index contributed by atoms with van der Waals surface area (Å²) in [4.78, 5) is 15.0. The Morgan fingerprint density at radius 2 is 2.04 bits per heavy atom. The molecule has 4 rings (SSSR count). The number of para-hydroxylation sites is 1. The lowest BCUT2D eigenvalue weighted by atomic mass is 9.81. The molecule has 4 heteroatoms. The van der Waals surface area contributed by atoms with Gasteiger partial charge in [-0.3, -0.25) is 10.1 Å². The highest BCUT2D eigenvalue weighted by molar-refractivity contribution is 5.90. The maximum Gasteiger partial charge on any atom is 0.244 e. The van der Waals surface area contributed by atoms with Crippen LogP contribution in [0.15, 0.2) is 29.8 Å². The van der Waals surface area contributed by atoms with Crippen molar-refractivity contribution in [2.75, 3.05) is 13.2 Å². The van der Waals surface area contributed by atoms with Crippen LogP contribution >= 0.6 is 0 Å². The molecule has 1 aromatic carbocycles. The molecule has 1 unspecified atom stereocenters. The number of nitrogens with one attached hydrogen (secondary N) is 1. The lowest BCUT2D eigenvalue weighted by molar-refractivity contribution is -0.133. The van der Waals surface area contributed by atoms with Gasteiger partial charge in [0.05, 0.1) is 5.54 Å². The molecule has 0 bridgehead atoms. The third kappa shape index (κ3) is 2.36. The van der Waals surface area contributed by atoms with Crippen LogP contribution in [0, 0.1) is 0 Å². The third-order valence-electron chi connectivity index (χ3n) is 5.45. The fourth-order valence-corrected chi connectivity index (χ4v) is 4.22. The van der Waals surface area contributed by atoms with Crippen molar-refractivity contribution in [2.45, 2.75) is 50.7 Å². The quantitative estimate of drug-likeness (QED) is 0.913. The minimum absolute atomic E-state index is 0.0287. The maximum absolute atomic E-state index is 13.0. The minimum atomic E-state index is -0.337. The van der Waals surface area contributed by atoms with Crippen molar-refractivity contribution in [3.8, 4) is 5.75 Å². The molecule has 2 aliphatic heterocycles. The standard InChI is InChI=1S/C19H24N2O2/c1-2-21-17(20-19(18(21)22)10-6-3-7-11-19)15-12-14-8-4-5-9-16(14)23-13-15/h4-5,8-9,12,17,20H,2-3,6-7,10-11,13H2,1H3. The first-order valence-electron chi connectivity index (χ1n) is 8.74. The summed E-state index contributed by atoms with van der Waals surface area (Å²) in [5, 5.41) is 3.69. The average molecular weight is 312 g/mol. The van der Waals surface area contributed by atoms with E-state index in [1.54, 1.807) is 0 Å². The van der Waals surface area contributed by atoms with E-state index in [-0.39, 0.29) is 17.6 Å². The highest BCUT2D eigenvalue weighted by Crippen LogP contribution is 2.38. The van der Waals surface area contributed by atoms with Crippen molar-refractivity contribution in [2.24, 2.45) is 0 Å². The topological polar surface area (TPSA) is 41.6 Å². The van der Waals surface area contributed by atoms with Gasteiger partial charge in [0, 0.05) is 17.7 Å². The summed E-state index contributed by atoms with van der Waals surface area (Å²) in [7, 11) is 0. The second-order valence-electron chi connectivity index (χ2n) is 6.83. The summed E-state index contributed by atoms with van der Waals surface area (Å²) < 4.78 is 5.91. The third-order valence-corrected chi connectivity index (χ3v) is 5.45. The van der Waals surface area contributed by atoms with Crippen molar-refractivity contribution >= 4 is 12.0 Å². The fraction of sp³-hybridized carbons (Fsp3) is 0.526. The van der Waals surface area contributed by atoms with Crippen LogP contribution in [0.3, 0.4) is 0 Å². The van der Waals surface area contributed by atoms with Crippen LogP contribution in [-0.2, 0) is 4.79 Å². The molecular formula is C19H24N2O2. The fourth-order valence-electron chi connectivity index (χ4n) is 4.22. The Morgan fingerprint density at radius 3 is 2.83 bits per heavy atom. The lowest BCUT2D eigenvalue weighted by Gasteiger charge is -2.31. The number of ether oxygens (including phenoxy) is 1. The Kier molecular flexibility index (Phi) is 3.64. The molecular weight excluding hydrogens is 288 g/mol. The molecule has 1 atom stereocenters. The zero-order valence-electron chi connectivity index (χ0n) is 13.7. The Balaban J connectivity index is 1.66. The second kappa shape index (κ2) is 5.68. The van der Waals surface area contributed by atoms with Gasteiger partial charge >= 0.3 is 0 Å². The van der Waals surface area contributed by atoms with Crippen LogP contribution in [0.5, 0.6) is 5.75 Å². The molecule has 1 N–H and O–H groups in total. The number of carbonyl (C=O) groups is 1. The SMILES string of the molecule is CCN1C(=O)C2(CCCCC2)NC1C1=Cc2ccccc2OC1. The molecule has 0 aromatic heterocycles. The van der Waals surface area contributed by atoms with Crippen molar-refractivity contribution in [3.63, 3.8) is 0 Å². The number of rotatable bonds is 2. The summed E-state index contributed by atoms with van der Waals surface area (Å²) in [5.74, 6) is 1.21. The molecule has 2 fully saturated rings. The van der Waals surface area contributed by atoms with E-state index < -0.39 is 0 Å². The van der Waals surface area contributed by atoms with Crippen LogP contribution in [0.1, 0.15) is 44.6 Å². The summed E-state index contributed by atoms with van der Waals surface area (Å²) in [6, 6.07) is 8.08. The van der Waals surface area contributed by atoms with Gasteiger partial charge in [0.25, 0.3) is 0 Å². The number of amides is 1. The number of benzene rings is 1. The van der Waals surface area contributed by atoms with Crippen LogP contribution in [-0.4, -0.2) is 35.7 Å². The lowest BCUT2D eigenvalue weighted by Crippen LogP contribution is -2.49. The number of likely N-dealkylation sites (N-methyl/N-ethyl adjacent to an activating group) is 1. The first-order valence-corrected chi connectivity index (χ1v) is 8.74. The number of fused-ring (bicyclic) bond motifs is 1. The number of hydrogen-bond acceptors (Lipinski definition) is 3. The zero-order chi connectivity index (χ0) is 15.9. The predicted molar refractivity (Wildman–Crippen MR) is 90.0 cm³/mol. The molecule has 0 radical (unpaired) electrons. The van der Waals surface area contributed by atoms with Gasteiger partial charge in [-0.1, -0.05) is 37.5 Å². The van der Waals surface area contributed by atoms with Gasteiger partial charge in [0.2, 0.25) is 5.91 Å². The Labute approximate surface area is 137 Å². The largest absolute Gasteiger partial charge is 0.488 e. The molecule has 4 nitrogen and oxygen atoms in total. The van der Waals surface area contributed by atoms with E-state index >= 15 is 0 Å². The van der Waals surface area contributed by atoms with Gasteiger partial charge in [0.15, 0.2) is 0 Å². The summed E-state index contributed by atoms with van der Waals surface area (Å²) in [5.41, 5.74) is 1.92. The molecule has 1 saturated heterocycles. The van der Waals surface area contributed by atoms with Crippen LogP contribution < -0.4 is 10.1 Å². The number of hydrogen-bond donors (Lipinski definition) is 1. The second-order valence-corrected chi connectivity index (χ2v) is 6.83. The first-order chi connectivity index (χ1) is 11.2. The zero-order valence-corrected chi connectivity index (χ0v) is 13.7. The predicted octanol–water partition coefficient (Wildman–Crippen LogP) is 2.94. The summed E-state index contributed by atoms with van der Waals surface area (Å²) in [6.07, 6.45) is 7.61. The van der Waals surface area contributed by atoms with E-state index in [2.05, 4.69) is 24.4 Å². The van der Waals surface area contributed by atoms with Crippen molar-refractivity contribution in [1.29, 1.82) is 0 Å². The number of carbonyl (C=O) groups excluding carboxylic acids is 1. The van der Waals surface area contributed by atoms with Crippen molar-refractivity contribution < 1.29 is 9.53 Å². The van der Waals surface area contributed by atoms with E-state index in [1.807, 2.05) is 23.1 Å². The first kappa shape index (κ1) is 14.8. The Hall–Kier alpha value is -1.81. The average Bonchev–Trinajstić information content (AvgIpc) is 2.87. The maximum atomic E-state index is 13.0. The molecule has 1 aromatic rings. The van der Waals surface area contributed by atoms with Crippen molar-refractivity contribution in [1.82, 2.24) is 10.2 Å². The van der Waals surface area contributed by atoms with Gasteiger partial charge in [-0.25, -0.2) is 0 Å². The molecule has 23 heavy (non-hydrogen) atoms.